The van der Waals surface area contributed by atoms with Crippen molar-refractivity contribution in [3.05, 3.63) is 54.6 Å². The molecule has 0 bridgehead atoms. The summed E-state index contributed by atoms with van der Waals surface area (Å²) < 4.78 is 38.2. The molecule has 0 heterocycles. The van der Waals surface area contributed by atoms with Gasteiger partial charge in [-0.05, 0) is 18.2 Å². The maximum Gasteiger partial charge on any atom is 0.417 e. The van der Waals surface area contributed by atoms with Crippen LogP contribution in [0.5, 0.6) is 0 Å². The first-order valence-corrected chi connectivity index (χ1v) is 5.72. The zero-order chi connectivity index (χ0) is 15.3. The molecule has 0 saturated carbocycles. The van der Waals surface area contributed by atoms with E-state index >= 15 is 0 Å². The molecular formula is C14H14F3NO2. The molecule has 0 aliphatic rings. The van der Waals surface area contributed by atoms with Gasteiger partial charge in [0.1, 0.15) is 0 Å². The third-order valence-electron chi connectivity index (χ3n) is 2.60. The Morgan fingerprint density at radius 3 is 2.20 bits per heavy atom. The van der Waals surface area contributed by atoms with Gasteiger partial charge in [0.2, 0.25) is 0 Å². The van der Waals surface area contributed by atoms with Gasteiger partial charge in [0.15, 0.2) is 0 Å². The van der Waals surface area contributed by atoms with Crippen molar-refractivity contribution in [3.63, 3.8) is 0 Å². The fraction of sp³-hybridized carbons (Fsp3) is 0.214. The minimum absolute atomic E-state index is 0.371. The zero-order valence-electron chi connectivity index (χ0n) is 10.7. The molecule has 3 nitrogen and oxygen atoms in total. The maximum atomic E-state index is 12.7. The standard InChI is InChI=1S/C14H14F3NO2/c1-3-7-18(8-4-2)10-5-6-12(14(15,16)17)11(9-10)13(19)20/h3-6,9H,1-2,7-8H2,(H,19,20). The number of aromatic carboxylic acids is 1. The topological polar surface area (TPSA) is 40.5 Å². The summed E-state index contributed by atoms with van der Waals surface area (Å²) in [5, 5.41) is 8.94. The van der Waals surface area contributed by atoms with Crippen LogP contribution in [-0.2, 0) is 6.18 Å². The maximum absolute atomic E-state index is 12.7. The van der Waals surface area contributed by atoms with E-state index in [2.05, 4.69) is 13.2 Å². The number of carboxylic acid groups (broad SMARTS) is 1. The molecule has 0 radical (unpaired) electrons. The van der Waals surface area contributed by atoms with Crippen LogP contribution in [0.25, 0.3) is 0 Å². The molecule has 1 rings (SSSR count). The molecule has 108 valence electrons. The van der Waals surface area contributed by atoms with Gasteiger partial charge in [0.25, 0.3) is 0 Å². The number of halogens is 3. The largest absolute Gasteiger partial charge is 0.478 e. The zero-order valence-corrected chi connectivity index (χ0v) is 10.7. The molecule has 0 amide bonds. The van der Waals surface area contributed by atoms with Gasteiger partial charge < -0.3 is 10.0 Å². The lowest BCUT2D eigenvalue weighted by Crippen LogP contribution is -2.24. The Balaban J connectivity index is 3.31. The SMILES string of the molecule is C=CCN(CC=C)c1ccc(C(F)(F)F)c(C(=O)O)c1. The van der Waals surface area contributed by atoms with E-state index in [0.717, 1.165) is 12.1 Å². The first kappa shape index (κ1) is 15.8. The van der Waals surface area contributed by atoms with Crippen LogP contribution in [0.15, 0.2) is 43.5 Å². The van der Waals surface area contributed by atoms with Crippen LogP contribution in [0.2, 0.25) is 0 Å². The Bertz CT molecular complexity index is 514. The number of carbonyl (C=O) groups is 1. The molecule has 0 saturated heterocycles. The summed E-state index contributed by atoms with van der Waals surface area (Å²) in [6.45, 7) is 7.84. The van der Waals surface area contributed by atoms with Crippen LogP contribution >= 0.6 is 0 Å². The van der Waals surface area contributed by atoms with Crippen LogP contribution in [0.1, 0.15) is 15.9 Å². The first-order valence-electron chi connectivity index (χ1n) is 5.72. The van der Waals surface area contributed by atoms with Gasteiger partial charge >= 0.3 is 12.1 Å². The molecule has 0 atom stereocenters. The van der Waals surface area contributed by atoms with Gasteiger partial charge in [-0.15, -0.1) is 13.2 Å². The third-order valence-corrected chi connectivity index (χ3v) is 2.60. The van der Waals surface area contributed by atoms with Crippen molar-refractivity contribution in [3.8, 4) is 0 Å². The molecule has 1 N–H and O–H groups in total. The predicted molar refractivity (Wildman–Crippen MR) is 71.0 cm³/mol. The van der Waals surface area contributed by atoms with Gasteiger partial charge in [0.05, 0.1) is 11.1 Å². The number of benzene rings is 1. The van der Waals surface area contributed by atoms with Crippen molar-refractivity contribution in [2.24, 2.45) is 0 Å². The molecule has 0 aliphatic carbocycles. The van der Waals surface area contributed by atoms with Crippen LogP contribution < -0.4 is 4.90 Å². The van der Waals surface area contributed by atoms with Crippen LogP contribution in [0.4, 0.5) is 18.9 Å². The average molecular weight is 285 g/mol. The lowest BCUT2D eigenvalue weighted by molar-refractivity contribution is -0.138. The number of nitrogens with zero attached hydrogens (tertiary/aromatic N) is 1. The van der Waals surface area contributed by atoms with Crippen LogP contribution in [0, 0.1) is 0 Å². The van der Waals surface area contributed by atoms with Gasteiger partial charge in [-0.25, -0.2) is 4.79 Å². The second-order valence-corrected chi connectivity index (χ2v) is 4.02. The lowest BCUT2D eigenvalue weighted by Gasteiger charge is -2.23. The van der Waals surface area contributed by atoms with Gasteiger partial charge in [-0.2, -0.15) is 13.2 Å². The Kier molecular flexibility index (Phi) is 4.96. The highest BCUT2D eigenvalue weighted by Gasteiger charge is 2.35. The van der Waals surface area contributed by atoms with E-state index in [-0.39, 0.29) is 0 Å². The molecule has 0 aromatic heterocycles. The normalized spacial score (nSPS) is 10.9. The molecule has 1 aromatic rings. The van der Waals surface area contributed by atoms with Gasteiger partial charge in [0, 0.05) is 18.8 Å². The van der Waals surface area contributed by atoms with Crippen molar-refractivity contribution in [2.45, 2.75) is 6.18 Å². The lowest BCUT2D eigenvalue weighted by atomic mass is 10.1. The predicted octanol–water partition coefficient (Wildman–Crippen LogP) is 3.58. The van der Waals surface area contributed by atoms with E-state index in [9.17, 15) is 18.0 Å². The van der Waals surface area contributed by atoms with E-state index in [1.807, 2.05) is 0 Å². The monoisotopic (exact) mass is 285 g/mol. The summed E-state index contributed by atoms with van der Waals surface area (Å²) in [5.41, 5.74) is -1.56. The van der Waals surface area contributed by atoms with Crippen molar-refractivity contribution in [1.82, 2.24) is 0 Å². The number of carboxylic acids is 1. The van der Waals surface area contributed by atoms with Crippen LogP contribution in [0.3, 0.4) is 0 Å². The molecule has 6 heteroatoms. The summed E-state index contributed by atoms with van der Waals surface area (Å²) in [7, 11) is 0. The summed E-state index contributed by atoms with van der Waals surface area (Å²) in [6.07, 6.45) is -1.56. The second kappa shape index (κ2) is 6.27. The summed E-state index contributed by atoms with van der Waals surface area (Å²) in [4.78, 5) is 12.7. The van der Waals surface area contributed by atoms with Gasteiger partial charge in [-0.3, -0.25) is 0 Å². The van der Waals surface area contributed by atoms with E-state index in [4.69, 9.17) is 5.11 Å². The molecule has 20 heavy (non-hydrogen) atoms. The number of anilines is 1. The average Bonchev–Trinajstić information content (AvgIpc) is 2.36. The first-order chi connectivity index (χ1) is 9.31. The number of rotatable bonds is 6. The van der Waals surface area contributed by atoms with E-state index in [0.29, 0.717) is 18.8 Å². The molecule has 0 unspecified atom stereocenters. The van der Waals surface area contributed by atoms with Crippen LogP contribution in [-0.4, -0.2) is 24.2 Å². The van der Waals surface area contributed by atoms with Gasteiger partial charge in [-0.1, -0.05) is 12.2 Å². The van der Waals surface area contributed by atoms with Crippen molar-refractivity contribution < 1.29 is 23.1 Å². The molecular weight excluding hydrogens is 271 g/mol. The number of hydrogen-bond acceptors (Lipinski definition) is 2. The Hall–Kier alpha value is -2.24. The van der Waals surface area contributed by atoms with Crippen molar-refractivity contribution in [2.75, 3.05) is 18.0 Å². The Labute approximate surface area is 114 Å². The summed E-state index contributed by atoms with van der Waals surface area (Å²) >= 11 is 0. The third kappa shape index (κ3) is 3.63. The molecule has 1 aromatic carbocycles. The second-order valence-electron chi connectivity index (χ2n) is 4.02. The fourth-order valence-corrected chi connectivity index (χ4v) is 1.75. The van der Waals surface area contributed by atoms with E-state index in [1.54, 1.807) is 17.1 Å². The summed E-state index contributed by atoms with van der Waals surface area (Å²) in [5.74, 6) is -1.61. The highest BCUT2D eigenvalue weighted by Crippen LogP contribution is 2.34. The highest BCUT2D eigenvalue weighted by atomic mass is 19.4. The Morgan fingerprint density at radius 1 is 1.25 bits per heavy atom. The highest BCUT2D eigenvalue weighted by molar-refractivity contribution is 5.91. The minimum Gasteiger partial charge on any atom is -0.478 e. The van der Waals surface area contributed by atoms with E-state index < -0.39 is 23.3 Å². The quantitative estimate of drug-likeness (QED) is 0.812. The number of hydrogen-bond donors (Lipinski definition) is 1. The smallest absolute Gasteiger partial charge is 0.417 e. The molecule has 0 fully saturated rings. The molecule has 0 spiro atoms. The minimum atomic E-state index is -4.70. The van der Waals surface area contributed by atoms with Crippen molar-refractivity contribution in [1.29, 1.82) is 0 Å². The number of alkyl halides is 3. The fourth-order valence-electron chi connectivity index (χ4n) is 1.75. The molecule has 0 aliphatic heterocycles. The Morgan fingerprint density at radius 2 is 1.80 bits per heavy atom. The van der Waals surface area contributed by atoms with E-state index in [1.165, 1.54) is 6.07 Å². The summed E-state index contributed by atoms with van der Waals surface area (Å²) in [6, 6.07) is 3.03. The van der Waals surface area contributed by atoms with Crippen molar-refractivity contribution >= 4 is 11.7 Å².